The minimum Gasteiger partial charge on any atom is -0.507 e. The Hall–Kier alpha value is -6.47. The van der Waals surface area contributed by atoms with Crippen LogP contribution in [0, 0.1) is 0 Å². The largest absolute Gasteiger partial charge is 0.507 e. The van der Waals surface area contributed by atoms with Crippen LogP contribution < -0.4 is 4.90 Å². The Balaban J connectivity index is 1.41. The van der Waals surface area contributed by atoms with Crippen molar-refractivity contribution in [3.05, 3.63) is 139 Å². The van der Waals surface area contributed by atoms with Crippen molar-refractivity contribution in [2.45, 2.75) is 52.4 Å². The normalized spacial score (nSPS) is 12.3. The lowest BCUT2D eigenvalue weighted by molar-refractivity contribution is 0.446. The number of fused-ring (bicyclic) bond motifs is 6. The first-order valence-electron chi connectivity index (χ1n) is 18.3. The van der Waals surface area contributed by atoms with Gasteiger partial charge in [0, 0.05) is 44.9 Å². The summed E-state index contributed by atoms with van der Waals surface area (Å²) in [5.74, 6) is 1.38. The van der Waals surface area contributed by atoms with Gasteiger partial charge in [0.2, 0.25) is 0 Å². The maximum atomic E-state index is 12.2. The van der Waals surface area contributed by atoms with Crippen LogP contribution in [0.3, 0.4) is 0 Å². The monoisotopic (exact) mass is 708 g/mol. The predicted molar refractivity (Wildman–Crippen MR) is 219 cm³/mol. The minimum absolute atomic E-state index is 0.176. The summed E-state index contributed by atoms with van der Waals surface area (Å²) in [4.78, 5) is 17.5. The molecule has 1 N–H and O–H groups in total. The average molecular weight is 709 g/mol. The van der Waals surface area contributed by atoms with Crippen molar-refractivity contribution in [1.29, 1.82) is 0 Å². The summed E-state index contributed by atoms with van der Waals surface area (Å²) in [6.07, 6.45) is 1.80. The number of rotatable bonds is 5. The smallest absolute Gasteiger partial charge is 0.180 e. The Labute approximate surface area is 313 Å². The third kappa shape index (κ3) is 5.55. The fourth-order valence-electron chi connectivity index (χ4n) is 7.30. The molecule has 9 aromatic rings. The fraction of sp³-hybridized carbons (Fsp3) is 0.170. The summed E-state index contributed by atoms with van der Waals surface area (Å²) in [6.45, 7) is 12.9. The highest BCUT2D eigenvalue weighted by molar-refractivity contribution is 6.12. The first-order chi connectivity index (χ1) is 26.0. The molecule has 0 amide bonds. The van der Waals surface area contributed by atoms with E-state index < -0.39 is 0 Å². The number of pyridine rings is 1. The van der Waals surface area contributed by atoms with Gasteiger partial charge in [-0.05, 0) is 77.1 Å². The molecule has 0 radical (unpaired) electrons. The van der Waals surface area contributed by atoms with Gasteiger partial charge in [-0.1, -0.05) is 102 Å². The molecular formula is C47H40N4O3. The number of phenols is 1. The van der Waals surface area contributed by atoms with Crippen molar-refractivity contribution < 1.29 is 13.9 Å². The average Bonchev–Trinajstić information content (AvgIpc) is 3.73. The summed E-state index contributed by atoms with van der Waals surface area (Å²) in [5, 5.41) is 14.9. The molecule has 0 aliphatic carbocycles. The molecule has 7 heteroatoms. The second-order valence-electron chi connectivity index (χ2n) is 15.9. The Bertz CT molecular complexity index is 2820. The van der Waals surface area contributed by atoms with E-state index in [9.17, 15) is 5.11 Å². The second kappa shape index (κ2) is 12.3. The van der Waals surface area contributed by atoms with E-state index >= 15 is 0 Å². The molecule has 5 aromatic carbocycles. The molecule has 0 fully saturated rings. The van der Waals surface area contributed by atoms with Gasteiger partial charge in [0.05, 0.1) is 5.56 Å². The number of phenolic OH excluding ortho intramolecular Hbond substituents is 1. The van der Waals surface area contributed by atoms with E-state index in [1.54, 1.807) is 6.20 Å². The number of benzene rings is 5. The summed E-state index contributed by atoms with van der Waals surface area (Å²) in [5.41, 5.74) is 8.28. The molecule has 54 heavy (non-hydrogen) atoms. The van der Waals surface area contributed by atoms with Crippen LogP contribution in [-0.4, -0.2) is 20.1 Å². The zero-order chi connectivity index (χ0) is 37.4. The van der Waals surface area contributed by atoms with Gasteiger partial charge in [0.25, 0.3) is 0 Å². The molecule has 0 aliphatic heterocycles. The second-order valence-corrected chi connectivity index (χ2v) is 15.9. The van der Waals surface area contributed by atoms with Crippen LogP contribution in [0.2, 0.25) is 0 Å². The highest BCUT2D eigenvalue weighted by Crippen LogP contribution is 2.47. The van der Waals surface area contributed by atoms with Crippen molar-refractivity contribution in [3.63, 3.8) is 0 Å². The molecule has 0 unspecified atom stereocenters. The zero-order valence-electron chi connectivity index (χ0n) is 31.2. The Morgan fingerprint density at radius 1 is 0.574 bits per heavy atom. The number of furan rings is 2. The molecule has 0 bridgehead atoms. The first kappa shape index (κ1) is 33.4. The van der Waals surface area contributed by atoms with Crippen LogP contribution in [0.1, 0.15) is 52.7 Å². The van der Waals surface area contributed by atoms with Crippen molar-refractivity contribution >= 4 is 61.2 Å². The Morgan fingerprint density at radius 2 is 1.24 bits per heavy atom. The van der Waals surface area contributed by atoms with E-state index in [1.165, 1.54) is 0 Å². The summed E-state index contributed by atoms with van der Waals surface area (Å²) in [6, 6.07) is 40.4. The SMILES string of the molecule is CC(C)(C)c1cc(-c2nc(-c3cc(N(c4ccccc4)c4ccccn4)cc4c3oc3ccccc34)nc3c2oc2ccccc23)c(O)c(C(C)(C)C)c1. The van der Waals surface area contributed by atoms with Gasteiger partial charge in [-0.2, -0.15) is 0 Å². The van der Waals surface area contributed by atoms with Crippen molar-refractivity contribution in [3.8, 4) is 28.4 Å². The van der Waals surface area contributed by atoms with Crippen molar-refractivity contribution in [2.75, 3.05) is 4.90 Å². The number of anilines is 3. The van der Waals surface area contributed by atoms with Crippen LogP contribution in [0.4, 0.5) is 17.2 Å². The summed E-state index contributed by atoms with van der Waals surface area (Å²) in [7, 11) is 0. The van der Waals surface area contributed by atoms with E-state index in [-0.39, 0.29) is 16.6 Å². The summed E-state index contributed by atoms with van der Waals surface area (Å²) < 4.78 is 13.2. The van der Waals surface area contributed by atoms with Gasteiger partial charge in [0.1, 0.15) is 39.5 Å². The van der Waals surface area contributed by atoms with Crippen LogP contribution in [0.15, 0.2) is 136 Å². The molecule has 7 nitrogen and oxygen atoms in total. The lowest BCUT2D eigenvalue weighted by Crippen LogP contribution is -2.17. The van der Waals surface area contributed by atoms with Gasteiger partial charge in [-0.25, -0.2) is 15.0 Å². The lowest BCUT2D eigenvalue weighted by Gasteiger charge is -2.27. The number of aromatic hydroxyl groups is 1. The molecule has 9 rings (SSSR count). The third-order valence-electron chi connectivity index (χ3n) is 10.1. The van der Waals surface area contributed by atoms with E-state index in [4.69, 9.17) is 23.8 Å². The number of aromatic nitrogens is 3. The summed E-state index contributed by atoms with van der Waals surface area (Å²) >= 11 is 0. The van der Waals surface area contributed by atoms with Crippen molar-refractivity contribution in [1.82, 2.24) is 15.0 Å². The number of para-hydroxylation sites is 3. The zero-order valence-corrected chi connectivity index (χ0v) is 31.2. The molecule has 0 spiro atoms. The van der Waals surface area contributed by atoms with Gasteiger partial charge >= 0.3 is 0 Å². The molecule has 0 atom stereocenters. The quantitative estimate of drug-likeness (QED) is 0.190. The topological polar surface area (TPSA) is 88.4 Å². The number of hydrogen-bond acceptors (Lipinski definition) is 7. The van der Waals surface area contributed by atoms with E-state index in [0.717, 1.165) is 50.1 Å². The Kier molecular flexibility index (Phi) is 7.61. The highest BCUT2D eigenvalue weighted by atomic mass is 16.3. The van der Waals surface area contributed by atoms with Gasteiger partial charge in [-0.3, -0.25) is 4.90 Å². The van der Waals surface area contributed by atoms with E-state index in [1.807, 2.05) is 78.9 Å². The first-order valence-corrected chi connectivity index (χ1v) is 18.3. The number of nitrogens with zero attached hydrogens (tertiary/aromatic N) is 4. The van der Waals surface area contributed by atoms with Gasteiger partial charge in [-0.15, -0.1) is 0 Å². The van der Waals surface area contributed by atoms with Crippen LogP contribution in [0.5, 0.6) is 5.75 Å². The van der Waals surface area contributed by atoms with E-state index in [0.29, 0.717) is 44.9 Å². The Morgan fingerprint density at radius 3 is 1.94 bits per heavy atom. The molecular weight excluding hydrogens is 669 g/mol. The van der Waals surface area contributed by atoms with Crippen LogP contribution >= 0.6 is 0 Å². The highest BCUT2D eigenvalue weighted by Gasteiger charge is 2.29. The standard InChI is InChI=1S/C47H40N4O3/c1-46(2,3)28-24-34(42(52)36(25-28)47(4,5)6)41-44-40(32-19-11-13-21-38(32)54-44)49-45(50-41)35-27-30(26-33-31-18-10-12-20-37(31)53-43(33)35)51(29-16-8-7-9-17-29)39-22-14-15-23-48-39/h7-27,52H,1-6H3. The molecule has 4 aromatic heterocycles. The van der Waals surface area contributed by atoms with E-state index in [2.05, 4.69) is 88.9 Å². The lowest BCUT2D eigenvalue weighted by atomic mass is 9.78. The predicted octanol–water partition coefficient (Wildman–Crippen LogP) is 12.8. The number of hydrogen-bond donors (Lipinski definition) is 1. The third-order valence-corrected chi connectivity index (χ3v) is 10.1. The molecule has 266 valence electrons. The van der Waals surface area contributed by atoms with Gasteiger partial charge in [0.15, 0.2) is 11.4 Å². The van der Waals surface area contributed by atoms with Crippen LogP contribution in [-0.2, 0) is 10.8 Å². The molecule has 4 heterocycles. The molecule has 0 aliphatic rings. The maximum absolute atomic E-state index is 12.2. The van der Waals surface area contributed by atoms with Crippen molar-refractivity contribution in [2.24, 2.45) is 0 Å². The molecule has 0 saturated heterocycles. The molecule has 0 saturated carbocycles. The fourth-order valence-corrected chi connectivity index (χ4v) is 7.30. The maximum Gasteiger partial charge on any atom is 0.180 e. The van der Waals surface area contributed by atoms with Crippen LogP contribution in [0.25, 0.3) is 66.7 Å². The minimum atomic E-state index is -0.343. The van der Waals surface area contributed by atoms with Gasteiger partial charge < -0.3 is 13.9 Å².